The first-order valence-electron chi connectivity index (χ1n) is 6.96. The van der Waals surface area contributed by atoms with Gasteiger partial charge in [-0.25, -0.2) is 0 Å². The van der Waals surface area contributed by atoms with Gasteiger partial charge in [0.25, 0.3) is 5.89 Å². The van der Waals surface area contributed by atoms with E-state index >= 15 is 0 Å². The maximum Gasteiger partial charge on any atom is 0.258 e. The van der Waals surface area contributed by atoms with E-state index in [4.69, 9.17) is 4.52 Å². The Balaban J connectivity index is 1.56. The van der Waals surface area contributed by atoms with Crippen molar-refractivity contribution >= 4 is 17.2 Å². The summed E-state index contributed by atoms with van der Waals surface area (Å²) >= 11 is 1.57. The van der Waals surface area contributed by atoms with Crippen LogP contribution in [0.5, 0.6) is 0 Å². The van der Waals surface area contributed by atoms with Gasteiger partial charge < -0.3 is 9.84 Å². The van der Waals surface area contributed by atoms with Crippen LogP contribution in [0.15, 0.2) is 21.3 Å². The summed E-state index contributed by atoms with van der Waals surface area (Å²) in [7, 11) is 0. The van der Waals surface area contributed by atoms with E-state index in [2.05, 4.69) is 15.5 Å². The molecule has 0 atom stereocenters. The smallest absolute Gasteiger partial charge is 0.258 e. The number of thiophene rings is 1. The van der Waals surface area contributed by atoms with E-state index in [-0.39, 0.29) is 12.3 Å². The third-order valence-electron chi connectivity index (χ3n) is 3.53. The Bertz CT molecular complexity index is 559. The van der Waals surface area contributed by atoms with Crippen LogP contribution in [0.25, 0.3) is 11.5 Å². The Kier molecular flexibility index (Phi) is 4.11. The molecular weight excluding hydrogens is 274 g/mol. The van der Waals surface area contributed by atoms with Gasteiger partial charge in [-0.3, -0.25) is 4.79 Å². The Morgan fingerprint density at radius 2 is 2.25 bits per heavy atom. The van der Waals surface area contributed by atoms with Gasteiger partial charge in [-0.05, 0) is 24.3 Å². The molecule has 1 amide bonds. The van der Waals surface area contributed by atoms with E-state index in [1.807, 2.05) is 16.8 Å². The Hall–Kier alpha value is -1.69. The fourth-order valence-electron chi connectivity index (χ4n) is 2.50. The highest BCUT2D eigenvalue weighted by molar-refractivity contribution is 7.08. The van der Waals surface area contributed by atoms with Crippen LogP contribution in [-0.2, 0) is 11.2 Å². The number of nitrogens with zero attached hydrogens (tertiary/aromatic N) is 2. The zero-order valence-electron chi connectivity index (χ0n) is 11.2. The van der Waals surface area contributed by atoms with Crippen molar-refractivity contribution in [1.82, 2.24) is 15.5 Å². The highest BCUT2D eigenvalue weighted by atomic mass is 32.1. The predicted molar refractivity (Wildman–Crippen MR) is 76.3 cm³/mol. The zero-order valence-corrected chi connectivity index (χ0v) is 12.0. The summed E-state index contributed by atoms with van der Waals surface area (Å²) in [6.07, 6.45) is 6.03. The molecular formula is C14H17N3O2S. The highest BCUT2D eigenvalue weighted by Crippen LogP contribution is 2.20. The van der Waals surface area contributed by atoms with Crippen molar-refractivity contribution in [1.29, 1.82) is 0 Å². The van der Waals surface area contributed by atoms with E-state index in [0.717, 1.165) is 18.4 Å². The number of carbonyl (C=O) groups excluding carboxylic acids is 1. The van der Waals surface area contributed by atoms with Crippen molar-refractivity contribution in [3.05, 3.63) is 22.7 Å². The summed E-state index contributed by atoms with van der Waals surface area (Å²) in [5, 5.41) is 10.8. The molecule has 0 spiro atoms. The summed E-state index contributed by atoms with van der Waals surface area (Å²) in [6.45, 7) is 0. The first-order chi connectivity index (χ1) is 9.81. The number of hydrogen-bond donors (Lipinski definition) is 1. The fraction of sp³-hybridized carbons (Fsp3) is 0.500. The van der Waals surface area contributed by atoms with Crippen LogP contribution in [-0.4, -0.2) is 22.1 Å². The average Bonchev–Trinajstić information content (AvgIpc) is 3.10. The van der Waals surface area contributed by atoms with Gasteiger partial charge in [0.15, 0.2) is 5.82 Å². The van der Waals surface area contributed by atoms with Gasteiger partial charge in [0.05, 0.1) is 12.0 Å². The van der Waals surface area contributed by atoms with E-state index in [0.29, 0.717) is 17.8 Å². The summed E-state index contributed by atoms with van der Waals surface area (Å²) < 4.78 is 5.17. The molecule has 2 aromatic heterocycles. The van der Waals surface area contributed by atoms with Crippen molar-refractivity contribution in [2.24, 2.45) is 0 Å². The van der Waals surface area contributed by atoms with Crippen LogP contribution >= 0.6 is 11.3 Å². The van der Waals surface area contributed by atoms with Crippen LogP contribution < -0.4 is 5.32 Å². The van der Waals surface area contributed by atoms with Crippen LogP contribution in [0.2, 0.25) is 0 Å². The largest absolute Gasteiger partial charge is 0.353 e. The van der Waals surface area contributed by atoms with Gasteiger partial charge >= 0.3 is 0 Å². The van der Waals surface area contributed by atoms with Crippen LogP contribution in [0.1, 0.15) is 37.9 Å². The summed E-state index contributed by atoms with van der Waals surface area (Å²) in [5.74, 6) is 0.904. The molecule has 1 saturated carbocycles. The molecule has 1 aliphatic rings. The van der Waals surface area contributed by atoms with E-state index in [1.165, 1.54) is 19.3 Å². The monoisotopic (exact) mass is 291 g/mol. The lowest BCUT2D eigenvalue weighted by molar-refractivity contribution is -0.121. The van der Waals surface area contributed by atoms with Gasteiger partial charge in [-0.2, -0.15) is 16.3 Å². The number of amides is 1. The molecule has 0 bridgehead atoms. The zero-order chi connectivity index (χ0) is 13.8. The van der Waals surface area contributed by atoms with E-state index in [9.17, 15) is 4.79 Å². The molecule has 0 aliphatic heterocycles. The number of nitrogens with one attached hydrogen (secondary N) is 1. The SMILES string of the molecule is O=C(Cc1noc(-c2ccsc2)n1)NC1CCCCC1. The minimum atomic E-state index is -0.0189. The second kappa shape index (κ2) is 6.17. The molecule has 106 valence electrons. The number of hydrogen-bond acceptors (Lipinski definition) is 5. The average molecular weight is 291 g/mol. The second-order valence-corrected chi connectivity index (χ2v) is 5.89. The first kappa shape index (κ1) is 13.3. The van der Waals surface area contributed by atoms with Gasteiger partial charge in [-0.1, -0.05) is 24.4 Å². The molecule has 2 heterocycles. The van der Waals surface area contributed by atoms with E-state index in [1.54, 1.807) is 11.3 Å². The molecule has 6 heteroatoms. The van der Waals surface area contributed by atoms with Crippen molar-refractivity contribution < 1.29 is 9.32 Å². The van der Waals surface area contributed by atoms with Gasteiger partial charge in [-0.15, -0.1) is 0 Å². The fourth-order valence-corrected chi connectivity index (χ4v) is 3.13. The minimum Gasteiger partial charge on any atom is -0.353 e. The molecule has 0 unspecified atom stereocenters. The molecule has 2 aromatic rings. The minimum absolute atomic E-state index is 0.0189. The second-order valence-electron chi connectivity index (χ2n) is 5.11. The maximum atomic E-state index is 11.9. The lowest BCUT2D eigenvalue weighted by Gasteiger charge is -2.22. The number of rotatable bonds is 4. The molecule has 0 aromatic carbocycles. The third kappa shape index (κ3) is 3.25. The lowest BCUT2D eigenvalue weighted by Crippen LogP contribution is -2.37. The van der Waals surface area contributed by atoms with Crippen molar-refractivity contribution in [3.8, 4) is 11.5 Å². The van der Waals surface area contributed by atoms with Gasteiger partial charge in [0, 0.05) is 11.4 Å². The Morgan fingerprint density at radius 1 is 1.40 bits per heavy atom. The quantitative estimate of drug-likeness (QED) is 0.940. The molecule has 0 saturated heterocycles. The molecule has 3 rings (SSSR count). The molecule has 20 heavy (non-hydrogen) atoms. The highest BCUT2D eigenvalue weighted by Gasteiger charge is 2.18. The van der Waals surface area contributed by atoms with Gasteiger partial charge in [0.1, 0.15) is 0 Å². The van der Waals surface area contributed by atoms with Crippen LogP contribution in [0.4, 0.5) is 0 Å². The number of carbonyl (C=O) groups is 1. The maximum absolute atomic E-state index is 11.9. The Morgan fingerprint density at radius 3 is 3.00 bits per heavy atom. The summed E-state index contributed by atoms with van der Waals surface area (Å²) in [5.41, 5.74) is 0.904. The number of aromatic nitrogens is 2. The molecule has 1 N–H and O–H groups in total. The third-order valence-corrected chi connectivity index (χ3v) is 4.21. The Labute approximate surface area is 121 Å². The predicted octanol–water partition coefficient (Wildman–Crippen LogP) is 2.79. The summed E-state index contributed by atoms with van der Waals surface area (Å²) in [6, 6.07) is 2.24. The molecule has 0 radical (unpaired) electrons. The van der Waals surface area contributed by atoms with Crippen molar-refractivity contribution in [3.63, 3.8) is 0 Å². The first-order valence-corrected chi connectivity index (χ1v) is 7.90. The summed E-state index contributed by atoms with van der Waals surface area (Å²) in [4.78, 5) is 16.2. The normalized spacial score (nSPS) is 16.2. The standard InChI is InChI=1S/C14H17N3O2S/c18-13(15-11-4-2-1-3-5-11)8-12-16-14(19-17-12)10-6-7-20-9-10/h6-7,9,11H,1-5,8H2,(H,15,18). The topological polar surface area (TPSA) is 68.0 Å². The van der Waals surface area contributed by atoms with Crippen molar-refractivity contribution in [2.75, 3.05) is 0 Å². The van der Waals surface area contributed by atoms with E-state index < -0.39 is 0 Å². The molecule has 1 fully saturated rings. The van der Waals surface area contributed by atoms with Crippen LogP contribution in [0.3, 0.4) is 0 Å². The molecule has 5 nitrogen and oxygen atoms in total. The van der Waals surface area contributed by atoms with Gasteiger partial charge in [0.2, 0.25) is 5.91 Å². The lowest BCUT2D eigenvalue weighted by atomic mass is 9.95. The van der Waals surface area contributed by atoms with Crippen molar-refractivity contribution in [2.45, 2.75) is 44.6 Å². The van der Waals surface area contributed by atoms with Crippen LogP contribution in [0, 0.1) is 0 Å². The molecule has 1 aliphatic carbocycles.